The van der Waals surface area contributed by atoms with Gasteiger partial charge in [0.25, 0.3) is 0 Å². The van der Waals surface area contributed by atoms with Crippen molar-refractivity contribution < 1.29 is 28.6 Å². The number of carbonyl (C=O) groups is 3. The number of ether oxygens (including phenoxy) is 3. The van der Waals surface area contributed by atoms with Crippen LogP contribution in [0.4, 0.5) is 0 Å². The third-order valence-electron chi connectivity index (χ3n) is 10.8. The van der Waals surface area contributed by atoms with Crippen LogP contribution in [0.15, 0.2) is 36.5 Å². The minimum atomic E-state index is -0.779. The SMILES string of the molecule is CCCCC/C=C\CCCCCCCC(=O)OCC(COC(=O)CCCCCCC/C=C\CCCCCCCC)OC(=O)CCCCCCC/C=C\CCCCCC. The van der Waals surface area contributed by atoms with Crippen molar-refractivity contribution in [3.05, 3.63) is 36.5 Å². The van der Waals surface area contributed by atoms with Gasteiger partial charge in [0.1, 0.15) is 13.2 Å². The average Bonchev–Trinajstić information content (AvgIpc) is 3.22. The lowest BCUT2D eigenvalue weighted by atomic mass is 10.1. The molecule has 0 aliphatic heterocycles. The molecule has 0 heterocycles. The molecule has 1 atom stereocenters. The van der Waals surface area contributed by atoms with Gasteiger partial charge in [-0.1, -0.05) is 179 Å². The van der Waals surface area contributed by atoms with Gasteiger partial charge in [0, 0.05) is 19.3 Å². The quantitative estimate of drug-likeness (QED) is 0.0264. The molecule has 0 saturated heterocycles. The van der Waals surface area contributed by atoms with Gasteiger partial charge in [0.15, 0.2) is 6.10 Å². The summed E-state index contributed by atoms with van der Waals surface area (Å²) in [7, 11) is 0. The first-order valence-electron chi connectivity index (χ1n) is 25.0. The number of hydrogen-bond acceptors (Lipinski definition) is 6. The van der Waals surface area contributed by atoms with E-state index in [4.69, 9.17) is 14.2 Å². The van der Waals surface area contributed by atoms with Crippen LogP contribution in [0.25, 0.3) is 0 Å². The normalized spacial score (nSPS) is 12.3. The second-order valence-electron chi connectivity index (χ2n) is 16.7. The van der Waals surface area contributed by atoms with Crippen molar-refractivity contribution in [3.8, 4) is 0 Å². The number of allylic oxidation sites excluding steroid dienone is 6. The van der Waals surface area contributed by atoms with E-state index in [9.17, 15) is 14.4 Å². The van der Waals surface area contributed by atoms with Crippen LogP contribution in [0, 0.1) is 0 Å². The summed E-state index contributed by atoms with van der Waals surface area (Å²) >= 11 is 0. The molecule has 0 radical (unpaired) electrons. The summed E-state index contributed by atoms with van der Waals surface area (Å²) in [5.41, 5.74) is 0. The van der Waals surface area contributed by atoms with Gasteiger partial charge in [-0.15, -0.1) is 0 Å². The molecule has 0 aromatic carbocycles. The van der Waals surface area contributed by atoms with Gasteiger partial charge >= 0.3 is 17.9 Å². The molecule has 0 aromatic rings. The largest absolute Gasteiger partial charge is 0.462 e. The van der Waals surface area contributed by atoms with Crippen molar-refractivity contribution in [1.29, 1.82) is 0 Å². The van der Waals surface area contributed by atoms with Crippen molar-refractivity contribution in [2.75, 3.05) is 13.2 Å². The maximum Gasteiger partial charge on any atom is 0.306 e. The third kappa shape index (κ3) is 44.7. The van der Waals surface area contributed by atoms with Crippen molar-refractivity contribution in [2.24, 2.45) is 0 Å². The molecular weight excluding hydrogens is 721 g/mol. The van der Waals surface area contributed by atoms with Crippen molar-refractivity contribution in [2.45, 2.75) is 264 Å². The van der Waals surface area contributed by atoms with Gasteiger partial charge in [0.05, 0.1) is 0 Å². The first-order valence-corrected chi connectivity index (χ1v) is 25.0. The van der Waals surface area contributed by atoms with Crippen LogP contribution in [-0.4, -0.2) is 37.2 Å². The second kappa shape index (κ2) is 47.3. The van der Waals surface area contributed by atoms with Gasteiger partial charge in [-0.25, -0.2) is 0 Å². The first-order chi connectivity index (χ1) is 28.5. The Morgan fingerprint density at radius 1 is 0.328 bits per heavy atom. The molecule has 0 saturated carbocycles. The summed E-state index contributed by atoms with van der Waals surface area (Å²) < 4.78 is 16.7. The number of esters is 3. The van der Waals surface area contributed by atoms with Gasteiger partial charge in [-0.05, 0) is 96.3 Å². The Morgan fingerprint density at radius 3 is 0.914 bits per heavy atom. The highest BCUT2D eigenvalue weighted by Gasteiger charge is 2.19. The number of unbranched alkanes of at least 4 members (excludes halogenated alkanes) is 28. The molecule has 0 spiro atoms. The fraction of sp³-hybridized carbons (Fsp3) is 0.827. The third-order valence-corrected chi connectivity index (χ3v) is 10.8. The van der Waals surface area contributed by atoms with Crippen molar-refractivity contribution in [3.63, 3.8) is 0 Å². The molecule has 6 nitrogen and oxygen atoms in total. The number of rotatable bonds is 45. The Bertz CT molecular complexity index is 984. The highest BCUT2D eigenvalue weighted by molar-refractivity contribution is 5.71. The summed E-state index contributed by atoms with van der Waals surface area (Å²) in [5.74, 6) is -0.901. The van der Waals surface area contributed by atoms with Crippen LogP contribution in [0.2, 0.25) is 0 Å². The zero-order valence-corrected chi connectivity index (χ0v) is 38.6. The molecule has 1 unspecified atom stereocenters. The van der Waals surface area contributed by atoms with E-state index in [1.54, 1.807) is 0 Å². The predicted octanol–water partition coefficient (Wildman–Crippen LogP) is 16.1. The fourth-order valence-electron chi connectivity index (χ4n) is 7.01. The van der Waals surface area contributed by atoms with E-state index in [1.165, 1.54) is 135 Å². The molecule has 0 amide bonds. The van der Waals surface area contributed by atoms with Crippen LogP contribution >= 0.6 is 0 Å². The van der Waals surface area contributed by atoms with Gasteiger partial charge < -0.3 is 14.2 Å². The van der Waals surface area contributed by atoms with Gasteiger partial charge in [-0.3, -0.25) is 14.4 Å². The molecule has 6 heteroatoms. The highest BCUT2D eigenvalue weighted by atomic mass is 16.6. The lowest BCUT2D eigenvalue weighted by molar-refractivity contribution is -0.167. The van der Waals surface area contributed by atoms with Crippen molar-refractivity contribution >= 4 is 17.9 Å². The Kier molecular flexibility index (Phi) is 45.4. The predicted molar refractivity (Wildman–Crippen MR) is 247 cm³/mol. The molecule has 338 valence electrons. The maximum absolute atomic E-state index is 12.7. The van der Waals surface area contributed by atoms with E-state index < -0.39 is 6.10 Å². The molecule has 0 bridgehead atoms. The minimum Gasteiger partial charge on any atom is -0.462 e. The summed E-state index contributed by atoms with van der Waals surface area (Å²) in [6, 6.07) is 0. The lowest BCUT2D eigenvalue weighted by Gasteiger charge is -2.18. The Morgan fingerprint density at radius 2 is 0.569 bits per heavy atom. The molecule has 0 N–H and O–H groups in total. The molecule has 0 aromatic heterocycles. The summed E-state index contributed by atoms with van der Waals surface area (Å²) in [4.78, 5) is 37.9. The average molecular weight is 815 g/mol. The Labute approximate surface area is 359 Å². The maximum atomic E-state index is 12.7. The standard InChI is InChI=1S/C52H94O6/c1-4-7-10-13-16-19-22-25-26-28-30-33-36-39-42-45-51(54)57-48-49(47-56-50(53)44-41-38-35-32-29-24-21-18-15-12-9-6-3)58-52(55)46-43-40-37-34-31-27-23-20-17-14-11-8-5-2/h18,20-21,23,25-26,49H,4-17,19,22,24,27-48H2,1-3H3/b21-18-,23-20-,26-25-. The zero-order chi connectivity index (χ0) is 42.3. The summed E-state index contributed by atoms with van der Waals surface area (Å²) in [6.07, 6.45) is 54.1. The lowest BCUT2D eigenvalue weighted by Crippen LogP contribution is -2.30. The van der Waals surface area contributed by atoms with Crippen molar-refractivity contribution in [1.82, 2.24) is 0 Å². The molecular formula is C52H94O6. The van der Waals surface area contributed by atoms with E-state index in [0.717, 1.165) is 83.5 Å². The monoisotopic (exact) mass is 815 g/mol. The number of hydrogen-bond donors (Lipinski definition) is 0. The van der Waals surface area contributed by atoms with Crippen LogP contribution in [0.5, 0.6) is 0 Å². The van der Waals surface area contributed by atoms with E-state index in [0.29, 0.717) is 19.3 Å². The van der Waals surface area contributed by atoms with E-state index in [-0.39, 0.29) is 31.1 Å². The summed E-state index contributed by atoms with van der Waals surface area (Å²) in [6.45, 7) is 6.58. The highest BCUT2D eigenvalue weighted by Crippen LogP contribution is 2.14. The fourth-order valence-corrected chi connectivity index (χ4v) is 7.01. The second-order valence-corrected chi connectivity index (χ2v) is 16.7. The Hall–Kier alpha value is -2.37. The van der Waals surface area contributed by atoms with Crippen LogP contribution in [-0.2, 0) is 28.6 Å². The van der Waals surface area contributed by atoms with E-state index >= 15 is 0 Å². The minimum absolute atomic E-state index is 0.0813. The molecule has 0 fully saturated rings. The van der Waals surface area contributed by atoms with Gasteiger partial charge in [0.2, 0.25) is 0 Å². The smallest absolute Gasteiger partial charge is 0.306 e. The molecule has 0 aliphatic rings. The van der Waals surface area contributed by atoms with E-state index in [2.05, 4.69) is 57.2 Å². The Balaban J connectivity index is 4.39. The van der Waals surface area contributed by atoms with Crippen LogP contribution < -0.4 is 0 Å². The van der Waals surface area contributed by atoms with Crippen LogP contribution in [0.3, 0.4) is 0 Å². The molecule has 0 aliphatic carbocycles. The number of carbonyl (C=O) groups excluding carboxylic acids is 3. The first kappa shape index (κ1) is 55.6. The van der Waals surface area contributed by atoms with Gasteiger partial charge in [-0.2, -0.15) is 0 Å². The van der Waals surface area contributed by atoms with E-state index in [1.807, 2.05) is 0 Å². The molecule has 58 heavy (non-hydrogen) atoms. The summed E-state index contributed by atoms with van der Waals surface area (Å²) in [5, 5.41) is 0. The zero-order valence-electron chi connectivity index (χ0n) is 38.6. The topological polar surface area (TPSA) is 78.9 Å². The molecule has 0 rings (SSSR count). The van der Waals surface area contributed by atoms with Crippen LogP contribution in [0.1, 0.15) is 258 Å².